The zero-order chi connectivity index (χ0) is 13.2. The summed E-state index contributed by atoms with van der Waals surface area (Å²) in [4.78, 5) is 14.0. The summed E-state index contributed by atoms with van der Waals surface area (Å²) in [6.45, 7) is 9.93. The monoisotopic (exact) mass is 250 g/mol. The summed E-state index contributed by atoms with van der Waals surface area (Å²) >= 11 is 0. The second kappa shape index (κ2) is 5.43. The van der Waals surface area contributed by atoms with Gasteiger partial charge in [0.15, 0.2) is 0 Å². The van der Waals surface area contributed by atoms with E-state index >= 15 is 0 Å². The van der Waals surface area contributed by atoms with Crippen molar-refractivity contribution < 1.29 is 4.79 Å². The van der Waals surface area contributed by atoms with Gasteiger partial charge in [-0.15, -0.1) is 0 Å². The maximum atomic E-state index is 12.0. The highest BCUT2D eigenvalue weighted by atomic mass is 16.2. The van der Waals surface area contributed by atoms with Crippen LogP contribution in [0.5, 0.6) is 0 Å². The molecule has 0 spiro atoms. The molecule has 1 fully saturated rings. The van der Waals surface area contributed by atoms with Crippen molar-refractivity contribution in [2.45, 2.75) is 40.0 Å². The summed E-state index contributed by atoms with van der Waals surface area (Å²) in [5, 5.41) is 3.27. The number of carbonyl (C=O) groups excluding carboxylic acids is 1. The molecule has 0 atom stereocenters. The summed E-state index contributed by atoms with van der Waals surface area (Å²) in [5.41, 5.74) is 1.73. The fraction of sp³-hybridized carbons (Fsp3) is 0.800. The van der Waals surface area contributed by atoms with E-state index in [1.807, 2.05) is 4.90 Å². The number of nitrogens with one attached hydrogen (secondary N) is 1. The molecular weight excluding hydrogens is 224 g/mol. The van der Waals surface area contributed by atoms with E-state index in [4.69, 9.17) is 0 Å². The average Bonchev–Trinajstić information content (AvgIpc) is 3.12. The Labute approximate surface area is 111 Å². The second-order valence-corrected chi connectivity index (χ2v) is 6.64. The van der Waals surface area contributed by atoms with Crippen LogP contribution in [0.2, 0.25) is 0 Å². The van der Waals surface area contributed by atoms with Gasteiger partial charge in [0.25, 0.3) is 0 Å². The first-order chi connectivity index (χ1) is 8.47. The van der Waals surface area contributed by atoms with Gasteiger partial charge >= 0.3 is 0 Å². The normalized spacial score (nSPS) is 20.8. The Bertz CT molecular complexity index is 337. The van der Waals surface area contributed by atoms with Crippen LogP contribution in [0.15, 0.2) is 11.6 Å². The highest BCUT2D eigenvalue weighted by molar-refractivity contribution is 5.78. The SMILES string of the molecule is CC(C)(C)C1=CCN(C(=O)CNCC2CC2)CC1. The molecule has 3 nitrogen and oxygen atoms in total. The van der Waals surface area contributed by atoms with E-state index in [1.54, 1.807) is 0 Å². The molecular formula is C15H26N2O. The van der Waals surface area contributed by atoms with Gasteiger partial charge in [0.1, 0.15) is 0 Å². The zero-order valence-corrected chi connectivity index (χ0v) is 12.0. The number of rotatable bonds is 4. The lowest BCUT2D eigenvalue weighted by atomic mass is 9.83. The number of amides is 1. The number of nitrogens with zero attached hydrogens (tertiary/aromatic N) is 1. The van der Waals surface area contributed by atoms with Crippen LogP contribution < -0.4 is 5.32 Å². The molecule has 0 unspecified atom stereocenters. The third kappa shape index (κ3) is 3.84. The van der Waals surface area contributed by atoms with Gasteiger partial charge in [0.05, 0.1) is 6.54 Å². The molecule has 1 amide bonds. The lowest BCUT2D eigenvalue weighted by Gasteiger charge is -2.32. The Morgan fingerprint density at radius 2 is 2.17 bits per heavy atom. The largest absolute Gasteiger partial charge is 0.338 e. The minimum Gasteiger partial charge on any atom is -0.338 e. The van der Waals surface area contributed by atoms with Crippen molar-refractivity contribution in [2.75, 3.05) is 26.2 Å². The van der Waals surface area contributed by atoms with Crippen molar-refractivity contribution in [1.29, 1.82) is 0 Å². The molecule has 0 aromatic carbocycles. The lowest BCUT2D eigenvalue weighted by Crippen LogP contribution is -2.41. The maximum Gasteiger partial charge on any atom is 0.236 e. The maximum absolute atomic E-state index is 12.0. The molecule has 1 aliphatic carbocycles. The van der Waals surface area contributed by atoms with Gasteiger partial charge in [-0.25, -0.2) is 0 Å². The van der Waals surface area contributed by atoms with Crippen molar-refractivity contribution in [2.24, 2.45) is 11.3 Å². The Kier molecular flexibility index (Phi) is 4.10. The van der Waals surface area contributed by atoms with E-state index < -0.39 is 0 Å². The van der Waals surface area contributed by atoms with E-state index in [9.17, 15) is 4.79 Å². The van der Waals surface area contributed by atoms with Gasteiger partial charge in [-0.3, -0.25) is 4.79 Å². The van der Waals surface area contributed by atoms with Gasteiger partial charge in [0.2, 0.25) is 5.91 Å². The Morgan fingerprint density at radius 3 is 2.67 bits per heavy atom. The van der Waals surface area contributed by atoms with E-state index in [2.05, 4.69) is 32.2 Å². The van der Waals surface area contributed by atoms with Crippen molar-refractivity contribution in [3.8, 4) is 0 Å². The molecule has 2 rings (SSSR count). The predicted octanol–water partition coefficient (Wildman–Crippen LogP) is 2.19. The summed E-state index contributed by atoms with van der Waals surface area (Å²) in [6, 6.07) is 0. The molecule has 0 saturated heterocycles. The van der Waals surface area contributed by atoms with Gasteiger partial charge in [-0.1, -0.05) is 32.4 Å². The Hall–Kier alpha value is -0.830. The molecule has 0 aromatic rings. The number of carbonyl (C=O) groups is 1. The minimum absolute atomic E-state index is 0.249. The van der Waals surface area contributed by atoms with Crippen LogP contribution in [-0.2, 0) is 4.79 Å². The van der Waals surface area contributed by atoms with Gasteiger partial charge in [-0.05, 0) is 37.1 Å². The van der Waals surface area contributed by atoms with E-state index in [0.29, 0.717) is 6.54 Å². The fourth-order valence-corrected chi connectivity index (χ4v) is 2.39. The van der Waals surface area contributed by atoms with Crippen LogP contribution in [-0.4, -0.2) is 37.0 Å². The van der Waals surface area contributed by atoms with Crippen molar-refractivity contribution in [3.63, 3.8) is 0 Å². The van der Waals surface area contributed by atoms with E-state index in [-0.39, 0.29) is 11.3 Å². The van der Waals surface area contributed by atoms with Crippen LogP contribution in [0, 0.1) is 11.3 Å². The molecule has 18 heavy (non-hydrogen) atoms. The summed E-state index contributed by atoms with van der Waals surface area (Å²) in [5.74, 6) is 1.09. The Morgan fingerprint density at radius 1 is 1.44 bits per heavy atom. The lowest BCUT2D eigenvalue weighted by molar-refractivity contribution is -0.130. The van der Waals surface area contributed by atoms with Crippen LogP contribution >= 0.6 is 0 Å². The van der Waals surface area contributed by atoms with Crippen LogP contribution in [0.25, 0.3) is 0 Å². The number of hydrogen-bond donors (Lipinski definition) is 1. The highest BCUT2D eigenvalue weighted by Gasteiger charge is 2.24. The molecule has 1 heterocycles. The molecule has 1 N–H and O–H groups in total. The summed E-state index contributed by atoms with van der Waals surface area (Å²) in [7, 11) is 0. The molecule has 0 radical (unpaired) electrons. The third-order valence-corrected chi connectivity index (χ3v) is 3.93. The summed E-state index contributed by atoms with van der Waals surface area (Å²) in [6.07, 6.45) is 5.94. The minimum atomic E-state index is 0.249. The number of hydrogen-bond acceptors (Lipinski definition) is 2. The second-order valence-electron chi connectivity index (χ2n) is 6.64. The quantitative estimate of drug-likeness (QED) is 0.776. The Balaban J connectivity index is 1.74. The van der Waals surface area contributed by atoms with E-state index in [0.717, 1.165) is 32.0 Å². The standard InChI is InChI=1S/C15H26N2O/c1-15(2,3)13-6-8-17(9-7-13)14(18)11-16-10-12-4-5-12/h6,12,16H,4-5,7-11H2,1-3H3. The predicted molar refractivity (Wildman–Crippen MR) is 74.3 cm³/mol. The highest BCUT2D eigenvalue weighted by Crippen LogP contribution is 2.30. The summed E-state index contributed by atoms with van der Waals surface area (Å²) < 4.78 is 0. The molecule has 1 aliphatic heterocycles. The smallest absolute Gasteiger partial charge is 0.236 e. The van der Waals surface area contributed by atoms with Gasteiger partial charge < -0.3 is 10.2 Å². The zero-order valence-electron chi connectivity index (χ0n) is 12.0. The van der Waals surface area contributed by atoms with Gasteiger partial charge in [0, 0.05) is 13.1 Å². The third-order valence-electron chi connectivity index (χ3n) is 3.93. The molecule has 2 aliphatic rings. The van der Waals surface area contributed by atoms with Crippen LogP contribution in [0.3, 0.4) is 0 Å². The first-order valence-corrected chi connectivity index (χ1v) is 7.15. The molecule has 1 saturated carbocycles. The first-order valence-electron chi connectivity index (χ1n) is 7.15. The van der Waals surface area contributed by atoms with Crippen LogP contribution in [0.1, 0.15) is 40.0 Å². The molecule has 3 heteroatoms. The molecule has 0 bridgehead atoms. The average molecular weight is 250 g/mol. The van der Waals surface area contributed by atoms with Gasteiger partial charge in [-0.2, -0.15) is 0 Å². The molecule has 0 aromatic heterocycles. The fourth-order valence-electron chi connectivity index (χ4n) is 2.39. The van der Waals surface area contributed by atoms with E-state index in [1.165, 1.54) is 18.4 Å². The van der Waals surface area contributed by atoms with Crippen molar-refractivity contribution in [1.82, 2.24) is 10.2 Å². The topological polar surface area (TPSA) is 32.3 Å². The van der Waals surface area contributed by atoms with Crippen molar-refractivity contribution in [3.05, 3.63) is 11.6 Å². The van der Waals surface area contributed by atoms with Crippen LogP contribution in [0.4, 0.5) is 0 Å². The molecule has 102 valence electrons. The first kappa shape index (κ1) is 13.6. The van der Waals surface area contributed by atoms with Crippen molar-refractivity contribution >= 4 is 5.91 Å².